The molecule has 1 heterocycles. The maximum Gasteiger partial charge on any atom is 0.547 e. The Morgan fingerprint density at radius 3 is 2.59 bits per heavy atom. The first-order chi connectivity index (χ1) is 13.4. The monoisotopic (exact) mass is 411 g/mol. The van der Waals surface area contributed by atoms with E-state index in [2.05, 4.69) is 5.32 Å². The molecule has 2 rings (SSSR count). The Balaban J connectivity index is 2.02. The SMILES string of the molecule is CC(C)(C)CCOC(=O)c1cccc2c1OB(O)[C@@H](NC(=O)CCC(C)(F)F)C2. The molecule has 0 radical (unpaired) electrons. The van der Waals surface area contributed by atoms with Crippen LogP contribution in [0.15, 0.2) is 18.2 Å². The van der Waals surface area contributed by atoms with E-state index >= 15 is 0 Å². The number of ether oxygens (including phenoxy) is 1. The van der Waals surface area contributed by atoms with Crippen LogP contribution < -0.4 is 9.97 Å². The van der Waals surface area contributed by atoms with Crippen LogP contribution in [0.1, 0.15) is 62.9 Å². The van der Waals surface area contributed by atoms with Crippen molar-refractivity contribution >= 4 is 19.0 Å². The summed E-state index contributed by atoms with van der Waals surface area (Å²) in [6.45, 7) is 7.13. The highest BCUT2D eigenvalue weighted by Crippen LogP contribution is 2.31. The van der Waals surface area contributed by atoms with E-state index < -0.39 is 37.3 Å². The Labute approximate surface area is 170 Å². The van der Waals surface area contributed by atoms with Gasteiger partial charge in [-0.3, -0.25) is 4.79 Å². The van der Waals surface area contributed by atoms with Gasteiger partial charge in [0, 0.05) is 12.8 Å². The molecule has 1 aliphatic heterocycles. The van der Waals surface area contributed by atoms with Gasteiger partial charge in [0.15, 0.2) is 0 Å². The second-order valence-electron chi connectivity index (χ2n) is 8.70. The van der Waals surface area contributed by atoms with Crippen molar-refractivity contribution in [2.24, 2.45) is 5.41 Å². The second kappa shape index (κ2) is 9.11. The second-order valence-corrected chi connectivity index (χ2v) is 8.70. The van der Waals surface area contributed by atoms with Crippen LogP contribution in [0.25, 0.3) is 0 Å². The zero-order valence-corrected chi connectivity index (χ0v) is 17.3. The topological polar surface area (TPSA) is 84.9 Å². The van der Waals surface area contributed by atoms with E-state index in [-0.39, 0.29) is 36.2 Å². The van der Waals surface area contributed by atoms with Crippen molar-refractivity contribution in [3.63, 3.8) is 0 Å². The quantitative estimate of drug-likeness (QED) is 0.532. The normalized spacial score (nSPS) is 16.7. The predicted octanol–water partition coefficient (Wildman–Crippen LogP) is 3.15. The molecule has 1 aromatic rings. The highest BCUT2D eigenvalue weighted by atomic mass is 19.3. The minimum atomic E-state index is -2.94. The maximum absolute atomic E-state index is 12.9. The van der Waals surface area contributed by atoms with Crippen LogP contribution in [-0.2, 0) is 16.0 Å². The van der Waals surface area contributed by atoms with Gasteiger partial charge in [0.05, 0.1) is 12.5 Å². The first-order valence-electron chi connectivity index (χ1n) is 9.67. The van der Waals surface area contributed by atoms with Crippen LogP contribution in [0.3, 0.4) is 0 Å². The van der Waals surface area contributed by atoms with E-state index in [9.17, 15) is 23.4 Å². The Morgan fingerprint density at radius 2 is 1.97 bits per heavy atom. The number of nitrogens with one attached hydrogen (secondary N) is 1. The van der Waals surface area contributed by atoms with Crippen LogP contribution in [0.5, 0.6) is 5.75 Å². The predicted molar refractivity (Wildman–Crippen MR) is 105 cm³/mol. The zero-order valence-electron chi connectivity index (χ0n) is 17.3. The van der Waals surface area contributed by atoms with E-state index in [1.807, 2.05) is 20.8 Å². The number of fused-ring (bicyclic) bond motifs is 1. The molecule has 0 saturated carbocycles. The molecular formula is C20H28BF2NO5. The highest BCUT2D eigenvalue weighted by Gasteiger charge is 2.38. The van der Waals surface area contributed by atoms with E-state index in [0.29, 0.717) is 12.0 Å². The van der Waals surface area contributed by atoms with E-state index in [1.54, 1.807) is 18.2 Å². The van der Waals surface area contributed by atoms with Crippen molar-refractivity contribution in [2.75, 3.05) is 6.61 Å². The molecule has 1 aliphatic rings. The molecule has 2 N–H and O–H groups in total. The lowest BCUT2D eigenvalue weighted by atomic mass is 9.72. The molecule has 0 bridgehead atoms. The number of amides is 1. The number of hydrogen-bond acceptors (Lipinski definition) is 5. The number of rotatable bonds is 7. The van der Waals surface area contributed by atoms with Gasteiger partial charge in [-0.1, -0.05) is 32.9 Å². The number of halogens is 2. The van der Waals surface area contributed by atoms with E-state index in [4.69, 9.17) is 9.39 Å². The lowest BCUT2D eigenvalue weighted by Crippen LogP contribution is -2.53. The number of para-hydroxylation sites is 1. The molecule has 1 amide bonds. The molecule has 9 heteroatoms. The van der Waals surface area contributed by atoms with Crippen molar-refractivity contribution < 1.29 is 32.8 Å². The summed E-state index contributed by atoms with van der Waals surface area (Å²) in [5, 5.41) is 12.8. The molecular weight excluding hydrogens is 383 g/mol. The summed E-state index contributed by atoms with van der Waals surface area (Å²) < 4.78 is 36.6. The van der Waals surface area contributed by atoms with Crippen molar-refractivity contribution in [3.05, 3.63) is 29.3 Å². The smallest absolute Gasteiger partial charge is 0.534 e. The fourth-order valence-electron chi connectivity index (χ4n) is 2.85. The summed E-state index contributed by atoms with van der Waals surface area (Å²) in [6.07, 6.45) is -0.0423. The molecule has 0 spiro atoms. The molecule has 0 fully saturated rings. The largest absolute Gasteiger partial charge is 0.547 e. The third-order valence-corrected chi connectivity index (χ3v) is 4.56. The first-order valence-corrected chi connectivity index (χ1v) is 9.67. The van der Waals surface area contributed by atoms with Crippen molar-refractivity contribution in [3.8, 4) is 5.75 Å². The summed E-state index contributed by atoms with van der Waals surface area (Å²) in [7, 11) is -1.41. The average molecular weight is 411 g/mol. The number of hydrogen-bond donors (Lipinski definition) is 2. The fraction of sp³-hybridized carbons (Fsp3) is 0.600. The van der Waals surface area contributed by atoms with Gasteiger partial charge in [0.1, 0.15) is 11.3 Å². The highest BCUT2D eigenvalue weighted by molar-refractivity contribution is 6.47. The Kier molecular flexibility index (Phi) is 7.27. The molecule has 160 valence electrons. The fourth-order valence-corrected chi connectivity index (χ4v) is 2.85. The third-order valence-electron chi connectivity index (χ3n) is 4.56. The molecule has 0 aliphatic carbocycles. The van der Waals surface area contributed by atoms with Crippen LogP contribution in [0, 0.1) is 5.41 Å². The lowest BCUT2D eigenvalue weighted by Gasteiger charge is -2.29. The molecule has 0 unspecified atom stereocenters. The standard InChI is InChI=1S/C20H28BF2NO5/c1-19(2,3)10-11-28-18(26)14-7-5-6-13-12-15(21(27)29-17(13)14)24-16(25)8-9-20(4,22)23/h5-7,15,27H,8-12H2,1-4H3,(H,24,25)/t15-/m0/s1. The third kappa shape index (κ3) is 7.31. The van der Waals surface area contributed by atoms with Crippen molar-refractivity contribution in [1.82, 2.24) is 5.32 Å². The molecule has 29 heavy (non-hydrogen) atoms. The summed E-state index contributed by atoms with van der Waals surface area (Å²) in [5.41, 5.74) is 0.841. The van der Waals surface area contributed by atoms with E-state index in [0.717, 1.165) is 6.92 Å². The number of alkyl halides is 2. The van der Waals surface area contributed by atoms with Gasteiger partial charge in [-0.15, -0.1) is 0 Å². The average Bonchev–Trinajstić information content (AvgIpc) is 2.58. The molecule has 0 saturated heterocycles. The van der Waals surface area contributed by atoms with Crippen molar-refractivity contribution in [1.29, 1.82) is 0 Å². The zero-order chi connectivity index (χ0) is 21.8. The number of benzene rings is 1. The summed E-state index contributed by atoms with van der Waals surface area (Å²) >= 11 is 0. The van der Waals surface area contributed by atoms with Gasteiger partial charge >= 0.3 is 13.1 Å². The minimum Gasteiger partial charge on any atom is -0.534 e. The lowest BCUT2D eigenvalue weighted by molar-refractivity contribution is -0.123. The molecule has 6 nitrogen and oxygen atoms in total. The van der Waals surface area contributed by atoms with Crippen LogP contribution in [0.2, 0.25) is 0 Å². The Morgan fingerprint density at radius 1 is 1.28 bits per heavy atom. The van der Waals surface area contributed by atoms with Crippen LogP contribution in [0.4, 0.5) is 8.78 Å². The first kappa shape index (κ1) is 23.1. The van der Waals surface area contributed by atoms with Crippen molar-refractivity contribution in [2.45, 2.75) is 65.2 Å². The molecule has 1 aromatic carbocycles. The summed E-state index contributed by atoms with van der Waals surface area (Å²) in [5.74, 6) is -4.67. The van der Waals surface area contributed by atoms with E-state index in [1.165, 1.54) is 0 Å². The summed E-state index contributed by atoms with van der Waals surface area (Å²) in [6, 6.07) is 4.93. The maximum atomic E-state index is 12.9. The van der Waals surface area contributed by atoms with Gasteiger partial charge in [-0.05, 0) is 36.8 Å². The van der Waals surface area contributed by atoms with Gasteiger partial charge < -0.3 is 19.7 Å². The van der Waals surface area contributed by atoms with Gasteiger partial charge in [0.25, 0.3) is 0 Å². The molecule has 1 atom stereocenters. The minimum absolute atomic E-state index is 0.0241. The van der Waals surface area contributed by atoms with Gasteiger partial charge in [-0.2, -0.15) is 0 Å². The number of carbonyl (C=O) groups is 2. The number of esters is 1. The number of carbonyl (C=O) groups excluding carboxylic acids is 2. The summed E-state index contributed by atoms with van der Waals surface area (Å²) in [4.78, 5) is 24.3. The van der Waals surface area contributed by atoms with Crippen LogP contribution >= 0.6 is 0 Å². The Hall–Kier alpha value is -2.16. The molecule has 0 aromatic heterocycles. The van der Waals surface area contributed by atoms with Gasteiger partial charge in [0.2, 0.25) is 11.8 Å². The van der Waals surface area contributed by atoms with Gasteiger partial charge in [-0.25, -0.2) is 13.6 Å². The Bertz CT molecular complexity index is 745. The van der Waals surface area contributed by atoms with Crippen LogP contribution in [-0.4, -0.2) is 42.5 Å².